The zero-order valence-corrected chi connectivity index (χ0v) is 11.3. The summed E-state index contributed by atoms with van der Waals surface area (Å²) in [5, 5.41) is 6.83. The number of carbonyl (C=O) groups is 1. The van der Waals surface area contributed by atoms with Crippen LogP contribution in [0.3, 0.4) is 0 Å². The zero-order valence-electron chi connectivity index (χ0n) is 11.3. The van der Waals surface area contributed by atoms with E-state index >= 15 is 0 Å². The number of aryl methyl sites for hydroxylation is 2. The smallest absolute Gasteiger partial charge is 0.343 e. The maximum Gasteiger partial charge on any atom is 0.343 e. The number of aromatic nitrogens is 2. The van der Waals surface area contributed by atoms with Crippen molar-refractivity contribution in [1.82, 2.24) is 10.1 Å². The fourth-order valence-corrected chi connectivity index (χ4v) is 1.84. The van der Waals surface area contributed by atoms with E-state index in [2.05, 4.69) is 15.4 Å². The average Bonchev–Trinajstić information content (AvgIpc) is 2.79. The van der Waals surface area contributed by atoms with Crippen LogP contribution in [0.4, 0.5) is 5.69 Å². The van der Waals surface area contributed by atoms with Crippen LogP contribution in [0.1, 0.15) is 21.7 Å². The minimum atomic E-state index is -0.481. The van der Waals surface area contributed by atoms with E-state index in [9.17, 15) is 4.79 Å². The van der Waals surface area contributed by atoms with Crippen molar-refractivity contribution >= 4 is 19.6 Å². The summed E-state index contributed by atoms with van der Waals surface area (Å²) in [6.45, 7) is 3.56. The number of pyridine rings is 1. The number of nitrogens with zero attached hydrogens (tertiary/aromatic N) is 2. The van der Waals surface area contributed by atoms with Crippen molar-refractivity contribution in [3.05, 3.63) is 29.1 Å². The predicted molar refractivity (Wildman–Crippen MR) is 72.7 cm³/mol. The standard InChI is InChI=1S/C12H14BN3O3/c1-6-8(15-13)4-5-9(14-6)11-10(12(17)18-3)7(2)16-19-11/h4-5,15H,13H2,1-3H3. The molecule has 19 heavy (non-hydrogen) atoms. The Morgan fingerprint density at radius 1 is 1.37 bits per heavy atom. The van der Waals surface area contributed by atoms with Crippen molar-refractivity contribution in [2.24, 2.45) is 0 Å². The van der Waals surface area contributed by atoms with Gasteiger partial charge in [0.2, 0.25) is 7.98 Å². The second-order valence-electron chi connectivity index (χ2n) is 4.04. The highest BCUT2D eigenvalue weighted by atomic mass is 16.5. The molecule has 1 N–H and O–H groups in total. The largest absolute Gasteiger partial charge is 0.465 e. The number of ether oxygens (including phenoxy) is 1. The van der Waals surface area contributed by atoms with Crippen LogP contribution < -0.4 is 5.23 Å². The van der Waals surface area contributed by atoms with E-state index in [0.717, 1.165) is 11.4 Å². The predicted octanol–water partition coefficient (Wildman–Crippen LogP) is 1.10. The molecule has 0 aromatic carbocycles. The third kappa shape index (κ3) is 2.31. The summed E-state index contributed by atoms with van der Waals surface area (Å²) in [7, 11) is 3.14. The number of hydrogen-bond acceptors (Lipinski definition) is 6. The molecule has 7 heteroatoms. The number of nitrogens with one attached hydrogen (secondary N) is 1. The SMILES string of the molecule is BNc1ccc(-c2onc(C)c2C(=O)OC)nc1C. The highest BCUT2D eigenvalue weighted by molar-refractivity contribution is 6.16. The Bertz CT molecular complexity index is 625. The first kappa shape index (κ1) is 13.1. The van der Waals surface area contributed by atoms with Crippen LogP contribution in [0, 0.1) is 13.8 Å². The lowest BCUT2D eigenvalue weighted by Crippen LogP contribution is -2.04. The summed E-state index contributed by atoms with van der Waals surface area (Å²) < 4.78 is 9.93. The number of esters is 1. The molecular weight excluding hydrogens is 245 g/mol. The lowest BCUT2D eigenvalue weighted by molar-refractivity contribution is 0.0600. The average molecular weight is 259 g/mol. The van der Waals surface area contributed by atoms with Gasteiger partial charge >= 0.3 is 5.97 Å². The molecule has 0 radical (unpaired) electrons. The second-order valence-corrected chi connectivity index (χ2v) is 4.04. The molecule has 2 aromatic rings. The minimum Gasteiger partial charge on any atom is -0.465 e. The summed E-state index contributed by atoms with van der Waals surface area (Å²) in [6.07, 6.45) is 0. The molecule has 2 heterocycles. The van der Waals surface area contributed by atoms with Crippen molar-refractivity contribution in [3.63, 3.8) is 0 Å². The van der Waals surface area contributed by atoms with Gasteiger partial charge in [0.15, 0.2) is 5.76 Å². The topological polar surface area (TPSA) is 77.2 Å². The Morgan fingerprint density at radius 2 is 2.11 bits per heavy atom. The second kappa shape index (κ2) is 5.13. The number of methoxy groups -OCH3 is 1. The van der Waals surface area contributed by atoms with E-state index < -0.39 is 5.97 Å². The molecular formula is C12H14BN3O3. The molecule has 0 amide bonds. The van der Waals surface area contributed by atoms with Crippen LogP contribution in [0.15, 0.2) is 16.7 Å². The number of rotatable bonds is 3. The van der Waals surface area contributed by atoms with Crippen LogP contribution in [-0.2, 0) is 4.74 Å². The van der Waals surface area contributed by atoms with Gasteiger partial charge in [0.25, 0.3) is 0 Å². The number of hydrogen-bond donors (Lipinski definition) is 1. The molecule has 0 saturated heterocycles. The third-order valence-electron chi connectivity index (χ3n) is 2.84. The molecule has 0 aliphatic rings. The third-order valence-corrected chi connectivity index (χ3v) is 2.84. The van der Waals surface area contributed by atoms with Crippen molar-refractivity contribution in [2.45, 2.75) is 13.8 Å². The first-order chi connectivity index (χ1) is 9.08. The van der Waals surface area contributed by atoms with Gasteiger partial charge in [-0.05, 0) is 26.0 Å². The van der Waals surface area contributed by atoms with Crippen LogP contribution in [0.2, 0.25) is 0 Å². The Kier molecular flexibility index (Phi) is 3.55. The van der Waals surface area contributed by atoms with Crippen molar-refractivity contribution in [1.29, 1.82) is 0 Å². The first-order valence-electron chi connectivity index (χ1n) is 5.78. The molecule has 2 aromatic heterocycles. The lowest BCUT2D eigenvalue weighted by atomic mass is 10.1. The van der Waals surface area contributed by atoms with Crippen molar-refractivity contribution < 1.29 is 14.1 Å². The van der Waals surface area contributed by atoms with Gasteiger partial charge in [0, 0.05) is 5.69 Å². The molecule has 0 aliphatic heterocycles. The molecule has 0 spiro atoms. The maximum atomic E-state index is 11.7. The molecule has 2 rings (SSSR count). The Hall–Kier alpha value is -2.31. The van der Waals surface area contributed by atoms with Gasteiger partial charge in [0.05, 0.1) is 18.5 Å². The van der Waals surface area contributed by atoms with E-state index in [1.54, 1.807) is 13.0 Å². The van der Waals surface area contributed by atoms with Crippen LogP contribution in [0.25, 0.3) is 11.5 Å². The van der Waals surface area contributed by atoms with Gasteiger partial charge in [-0.3, -0.25) is 0 Å². The summed E-state index contributed by atoms with van der Waals surface area (Å²) in [6, 6.07) is 3.64. The van der Waals surface area contributed by atoms with Crippen molar-refractivity contribution in [3.8, 4) is 11.5 Å². The lowest BCUT2D eigenvalue weighted by Gasteiger charge is -2.06. The van der Waals surface area contributed by atoms with Gasteiger partial charge in [-0.25, -0.2) is 9.78 Å². The summed E-state index contributed by atoms with van der Waals surface area (Å²) in [4.78, 5) is 16.1. The number of anilines is 1. The summed E-state index contributed by atoms with van der Waals surface area (Å²) in [5.41, 5.74) is 3.08. The Morgan fingerprint density at radius 3 is 2.68 bits per heavy atom. The quantitative estimate of drug-likeness (QED) is 0.657. The minimum absolute atomic E-state index is 0.312. The molecule has 0 fully saturated rings. The summed E-state index contributed by atoms with van der Waals surface area (Å²) in [5.74, 6) is -0.152. The van der Waals surface area contributed by atoms with E-state index in [-0.39, 0.29) is 0 Å². The first-order valence-corrected chi connectivity index (χ1v) is 5.78. The highest BCUT2D eigenvalue weighted by Gasteiger charge is 2.23. The van der Waals surface area contributed by atoms with E-state index in [0.29, 0.717) is 22.7 Å². The maximum absolute atomic E-state index is 11.7. The van der Waals surface area contributed by atoms with Crippen molar-refractivity contribution in [2.75, 3.05) is 12.3 Å². The molecule has 6 nitrogen and oxygen atoms in total. The molecule has 0 bridgehead atoms. The Labute approximate surface area is 111 Å². The molecule has 0 saturated carbocycles. The van der Waals surface area contributed by atoms with Gasteiger partial charge in [-0.2, -0.15) is 0 Å². The van der Waals surface area contributed by atoms with Crippen LogP contribution in [-0.4, -0.2) is 31.2 Å². The monoisotopic (exact) mass is 259 g/mol. The summed E-state index contributed by atoms with van der Waals surface area (Å²) >= 11 is 0. The fraction of sp³-hybridized carbons (Fsp3) is 0.250. The molecule has 0 unspecified atom stereocenters. The van der Waals surface area contributed by atoms with Crippen LogP contribution in [0.5, 0.6) is 0 Å². The fourth-order valence-electron chi connectivity index (χ4n) is 1.84. The van der Waals surface area contributed by atoms with Gasteiger partial charge in [0.1, 0.15) is 11.3 Å². The van der Waals surface area contributed by atoms with Gasteiger partial charge < -0.3 is 14.5 Å². The van der Waals surface area contributed by atoms with E-state index in [1.807, 2.05) is 21.0 Å². The van der Waals surface area contributed by atoms with Crippen LogP contribution >= 0.6 is 0 Å². The molecule has 0 atom stereocenters. The van der Waals surface area contributed by atoms with E-state index in [4.69, 9.17) is 9.26 Å². The molecule has 0 aliphatic carbocycles. The number of carbonyl (C=O) groups excluding carboxylic acids is 1. The zero-order chi connectivity index (χ0) is 14.0. The van der Waals surface area contributed by atoms with E-state index in [1.165, 1.54) is 7.11 Å². The normalized spacial score (nSPS) is 10.3. The Balaban J connectivity index is 2.53. The van der Waals surface area contributed by atoms with Gasteiger partial charge in [-0.15, -0.1) is 0 Å². The van der Waals surface area contributed by atoms with Gasteiger partial charge in [-0.1, -0.05) is 5.16 Å². The highest BCUT2D eigenvalue weighted by Crippen LogP contribution is 2.27. The molecule has 98 valence electrons.